The van der Waals surface area contributed by atoms with Crippen LogP contribution in [0.15, 0.2) is 12.3 Å². The number of aromatic nitrogens is 3. The van der Waals surface area contributed by atoms with Gasteiger partial charge in [-0.15, -0.1) is 0 Å². The van der Waals surface area contributed by atoms with E-state index >= 15 is 0 Å². The van der Waals surface area contributed by atoms with Crippen molar-refractivity contribution in [1.29, 1.82) is 0 Å². The Balaban J connectivity index is 2.34. The topological polar surface area (TPSA) is 85.8 Å². The zero-order valence-corrected chi connectivity index (χ0v) is 13.3. The van der Waals surface area contributed by atoms with E-state index in [2.05, 4.69) is 15.4 Å². The SMILES string of the molecule is Cc1nn(C)c2ncc(C(=O)NC(C)(CN)C(C)C)cc12. The Hall–Kier alpha value is -1.95. The molecule has 2 rings (SSSR count). The van der Waals surface area contributed by atoms with E-state index in [0.717, 1.165) is 16.7 Å². The maximum Gasteiger partial charge on any atom is 0.253 e. The number of carbonyl (C=O) groups excluding carboxylic acids is 1. The van der Waals surface area contributed by atoms with Crippen LogP contribution in [0.1, 0.15) is 36.8 Å². The summed E-state index contributed by atoms with van der Waals surface area (Å²) in [6.07, 6.45) is 1.58. The molecule has 114 valence electrons. The van der Waals surface area contributed by atoms with Gasteiger partial charge in [-0.1, -0.05) is 13.8 Å². The predicted molar refractivity (Wildman–Crippen MR) is 83.0 cm³/mol. The quantitative estimate of drug-likeness (QED) is 0.890. The smallest absolute Gasteiger partial charge is 0.253 e. The van der Waals surface area contributed by atoms with Crippen LogP contribution in [-0.4, -0.2) is 32.8 Å². The molecule has 0 bridgehead atoms. The van der Waals surface area contributed by atoms with Gasteiger partial charge < -0.3 is 11.1 Å². The normalized spacial score (nSPS) is 14.4. The fourth-order valence-corrected chi connectivity index (χ4v) is 2.19. The molecule has 0 spiro atoms. The number of nitrogens with zero attached hydrogens (tertiary/aromatic N) is 3. The highest BCUT2D eigenvalue weighted by atomic mass is 16.1. The summed E-state index contributed by atoms with van der Waals surface area (Å²) in [7, 11) is 1.84. The lowest BCUT2D eigenvalue weighted by Crippen LogP contribution is -2.55. The fraction of sp³-hybridized carbons (Fsp3) is 0.533. The monoisotopic (exact) mass is 289 g/mol. The first kappa shape index (κ1) is 15.4. The van der Waals surface area contributed by atoms with E-state index in [1.807, 2.05) is 40.8 Å². The number of fused-ring (bicyclic) bond motifs is 1. The number of amides is 1. The van der Waals surface area contributed by atoms with Gasteiger partial charge in [0.2, 0.25) is 0 Å². The van der Waals surface area contributed by atoms with Crippen molar-refractivity contribution in [3.05, 3.63) is 23.5 Å². The van der Waals surface area contributed by atoms with Crippen molar-refractivity contribution >= 4 is 16.9 Å². The summed E-state index contributed by atoms with van der Waals surface area (Å²) in [6, 6.07) is 1.83. The van der Waals surface area contributed by atoms with E-state index in [1.54, 1.807) is 10.9 Å². The number of hydrogen-bond acceptors (Lipinski definition) is 4. The summed E-state index contributed by atoms with van der Waals surface area (Å²) in [4.78, 5) is 16.8. The molecule has 0 fully saturated rings. The lowest BCUT2D eigenvalue weighted by molar-refractivity contribution is 0.0883. The fourth-order valence-electron chi connectivity index (χ4n) is 2.19. The Morgan fingerprint density at radius 3 is 2.76 bits per heavy atom. The van der Waals surface area contributed by atoms with Gasteiger partial charge in [0.05, 0.1) is 16.8 Å². The number of nitrogens with one attached hydrogen (secondary N) is 1. The average Bonchev–Trinajstić information content (AvgIpc) is 2.73. The minimum Gasteiger partial charge on any atom is -0.345 e. The van der Waals surface area contributed by atoms with Crippen LogP contribution in [0.4, 0.5) is 0 Å². The van der Waals surface area contributed by atoms with Crippen molar-refractivity contribution in [2.45, 2.75) is 33.2 Å². The second kappa shape index (κ2) is 5.44. The molecule has 3 N–H and O–H groups in total. The molecule has 0 aliphatic carbocycles. The van der Waals surface area contributed by atoms with Crippen molar-refractivity contribution in [3.8, 4) is 0 Å². The van der Waals surface area contributed by atoms with Crippen LogP contribution in [-0.2, 0) is 7.05 Å². The van der Waals surface area contributed by atoms with E-state index < -0.39 is 5.54 Å². The molecule has 0 aliphatic rings. The van der Waals surface area contributed by atoms with Crippen LogP contribution >= 0.6 is 0 Å². The molecule has 2 aromatic heterocycles. The van der Waals surface area contributed by atoms with E-state index in [-0.39, 0.29) is 11.8 Å². The van der Waals surface area contributed by atoms with Gasteiger partial charge in [-0.05, 0) is 25.8 Å². The summed E-state index contributed by atoms with van der Waals surface area (Å²) in [6.45, 7) is 8.33. The van der Waals surface area contributed by atoms with Crippen LogP contribution in [0, 0.1) is 12.8 Å². The van der Waals surface area contributed by atoms with Crippen molar-refractivity contribution in [1.82, 2.24) is 20.1 Å². The predicted octanol–water partition coefficient (Wildman–Crippen LogP) is 1.38. The van der Waals surface area contributed by atoms with Crippen molar-refractivity contribution in [3.63, 3.8) is 0 Å². The van der Waals surface area contributed by atoms with Crippen molar-refractivity contribution in [2.24, 2.45) is 18.7 Å². The van der Waals surface area contributed by atoms with Crippen molar-refractivity contribution in [2.75, 3.05) is 6.54 Å². The molecule has 21 heavy (non-hydrogen) atoms. The van der Waals surface area contributed by atoms with Gasteiger partial charge in [0.1, 0.15) is 0 Å². The van der Waals surface area contributed by atoms with Crippen LogP contribution < -0.4 is 11.1 Å². The largest absolute Gasteiger partial charge is 0.345 e. The second-order valence-corrected chi connectivity index (χ2v) is 6.03. The molecule has 2 heterocycles. The molecule has 0 aromatic carbocycles. The minimum atomic E-state index is -0.435. The van der Waals surface area contributed by atoms with Crippen LogP contribution in [0.25, 0.3) is 11.0 Å². The maximum absolute atomic E-state index is 12.5. The van der Waals surface area contributed by atoms with Crippen molar-refractivity contribution < 1.29 is 4.79 Å². The summed E-state index contributed by atoms with van der Waals surface area (Å²) in [5.41, 5.74) is 7.53. The minimum absolute atomic E-state index is 0.158. The van der Waals surface area contributed by atoms with Crippen LogP contribution in [0.3, 0.4) is 0 Å². The number of rotatable bonds is 4. The third-order valence-corrected chi connectivity index (χ3v) is 4.22. The first-order valence-corrected chi connectivity index (χ1v) is 7.10. The van der Waals surface area contributed by atoms with Gasteiger partial charge in [0.15, 0.2) is 5.65 Å². The number of aryl methyl sites for hydroxylation is 2. The lowest BCUT2D eigenvalue weighted by atomic mass is 9.88. The van der Waals surface area contributed by atoms with E-state index in [1.165, 1.54) is 0 Å². The van der Waals surface area contributed by atoms with Gasteiger partial charge in [0, 0.05) is 25.2 Å². The Morgan fingerprint density at radius 2 is 2.19 bits per heavy atom. The molecule has 1 atom stereocenters. The zero-order valence-electron chi connectivity index (χ0n) is 13.3. The van der Waals surface area contributed by atoms with Gasteiger partial charge in [0.25, 0.3) is 5.91 Å². The van der Waals surface area contributed by atoms with E-state index in [9.17, 15) is 4.79 Å². The molecule has 1 unspecified atom stereocenters. The van der Waals surface area contributed by atoms with Crippen LogP contribution in [0.5, 0.6) is 0 Å². The summed E-state index contributed by atoms with van der Waals surface area (Å²) in [5.74, 6) is 0.0811. The molecule has 1 amide bonds. The molecule has 6 heteroatoms. The van der Waals surface area contributed by atoms with E-state index in [4.69, 9.17) is 5.73 Å². The molecular weight excluding hydrogens is 266 g/mol. The average molecular weight is 289 g/mol. The summed E-state index contributed by atoms with van der Waals surface area (Å²) in [5, 5.41) is 8.22. The standard InChI is InChI=1S/C15H23N5O/c1-9(2)15(4,8-16)18-14(21)11-6-12-10(3)19-20(5)13(12)17-7-11/h6-7,9H,8,16H2,1-5H3,(H,18,21). The molecule has 2 aromatic rings. The highest BCUT2D eigenvalue weighted by Crippen LogP contribution is 2.19. The Kier molecular flexibility index (Phi) is 4.00. The lowest BCUT2D eigenvalue weighted by Gasteiger charge is -2.33. The summed E-state index contributed by atoms with van der Waals surface area (Å²) >= 11 is 0. The Labute approximate surface area is 124 Å². The van der Waals surface area contributed by atoms with Gasteiger partial charge >= 0.3 is 0 Å². The zero-order chi connectivity index (χ0) is 15.8. The van der Waals surface area contributed by atoms with Crippen LogP contribution in [0.2, 0.25) is 0 Å². The molecule has 0 radical (unpaired) electrons. The molecule has 0 saturated carbocycles. The number of hydrogen-bond donors (Lipinski definition) is 2. The highest BCUT2D eigenvalue weighted by Gasteiger charge is 2.29. The van der Waals surface area contributed by atoms with Gasteiger partial charge in [-0.2, -0.15) is 5.10 Å². The molecule has 6 nitrogen and oxygen atoms in total. The summed E-state index contributed by atoms with van der Waals surface area (Å²) < 4.78 is 1.71. The number of nitrogens with two attached hydrogens (primary N) is 1. The van der Waals surface area contributed by atoms with E-state index in [0.29, 0.717) is 12.1 Å². The number of carbonyl (C=O) groups is 1. The molecule has 0 aliphatic heterocycles. The molecular formula is C15H23N5O. The first-order chi connectivity index (χ1) is 9.78. The third-order valence-electron chi connectivity index (χ3n) is 4.22. The second-order valence-electron chi connectivity index (χ2n) is 6.03. The first-order valence-electron chi connectivity index (χ1n) is 7.10. The van der Waals surface area contributed by atoms with Gasteiger partial charge in [-0.25, -0.2) is 4.98 Å². The van der Waals surface area contributed by atoms with Gasteiger partial charge in [-0.3, -0.25) is 9.48 Å². The number of pyridine rings is 1. The Morgan fingerprint density at radius 1 is 1.52 bits per heavy atom. The highest BCUT2D eigenvalue weighted by molar-refractivity contribution is 5.97. The Bertz CT molecular complexity index is 676. The molecule has 0 saturated heterocycles. The third kappa shape index (κ3) is 2.76. The maximum atomic E-state index is 12.5.